The van der Waals surface area contributed by atoms with Crippen molar-refractivity contribution in [3.05, 3.63) is 0 Å². The van der Waals surface area contributed by atoms with Crippen LogP contribution in [0.4, 0.5) is 4.79 Å². The SMILES string of the molecule is O=C(O)CC1(NC(=O)NC2CCCCC2)CCCC1. The van der Waals surface area contributed by atoms with Gasteiger partial charge in [-0.25, -0.2) is 4.79 Å². The molecule has 0 aliphatic heterocycles. The smallest absolute Gasteiger partial charge is 0.315 e. The van der Waals surface area contributed by atoms with Crippen LogP contribution in [-0.4, -0.2) is 28.7 Å². The van der Waals surface area contributed by atoms with E-state index in [0.717, 1.165) is 38.5 Å². The molecule has 108 valence electrons. The second-order valence-corrected chi connectivity index (χ2v) is 5.99. The molecule has 0 unspecified atom stereocenters. The van der Waals surface area contributed by atoms with E-state index in [4.69, 9.17) is 5.11 Å². The number of nitrogens with one attached hydrogen (secondary N) is 2. The van der Waals surface area contributed by atoms with Crippen molar-refractivity contribution in [2.45, 2.75) is 75.8 Å². The third-order valence-electron chi connectivity index (χ3n) is 4.37. The fraction of sp³-hybridized carbons (Fsp3) is 0.857. The standard InChI is InChI=1S/C14H24N2O3/c17-12(18)10-14(8-4-5-9-14)16-13(19)15-11-6-2-1-3-7-11/h11H,1-10H2,(H,17,18)(H2,15,16,19). The Morgan fingerprint density at radius 2 is 1.68 bits per heavy atom. The minimum atomic E-state index is -0.833. The van der Waals surface area contributed by atoms with E-state index in [2.05, 4.69) is 10.6 Å². The lowest BCUT2D eigenvalue weighted by atomic mass is 9.93. The Bertz CT molecular complexity index is 332. The first kappa shape index (κ1) is 14.2. The van der Waals surface area contributed by atoms with E-state index in [1.54, 1.807) is 0 Å². The van der Waals surface area contributed by atoms with Crippen LogP contribution >= 0.6 is 0 Å². The minimum absolute atomic E-state index is 0.0328. The number of aliphatic carboxylic acids is 1. The molecule has 0 aromatic heterocycles. The lowest BCUT2D eigenvalue weighted by Crippen LogP contribution is -2.53. The van der Waals surface area contributed by atoms with Crippen molar-refractivity contribution >= 4 is 12.0 Å². The number of urea groups is 1. The van der Waals surface area contributed by atoms with Gasteiger partial charge in [-0.15, -0.1) is 0 Å². The van der Waals surface area contributed by atoms with Crippen LogP contribution in [0.5, 0.6) is 0 Å². The van der Waals surface area contributed by atoms with Crippen molar-refractivity contribution in [1.82, 2.24) is 10.6 Å². The van der Waals surface area contributed by atoms with E-state index in [1.165, 1.54) is 19.3 Å². The number of carbonyl (C=O) groups excluding carboxylic acids is 1. The molecule has 19 heavy (non-hydrogen) atoms. The molecule has 2 saturated carbocycles. The Hall–Kier alpha value is -1.26. The molecule has 2 aliphatic rings. The number of hydrogen-bond acceptors (Lipinski definition) is 2. The summed E-state index contributed by atoms with van der Waals surface area (Å²) in [5, 5.41) is 14.9. The number of carboxylic acids is 1. The highest BCUT2D eigenvalue weighted by atomic mass is 16.4. The molecular weight excluding hydrogens is 244 g/mol. The number of carbonyl (C=O) groups is 2. The van der Waals surface area contributed by atoms with Gasteiger partial charge in [-0.1, -0.05) is 32.1 Å². The first-order valence-corrected chi connectivity index (χ1v) is 7.40. The molecule has 0 saturated heterocycles. The molecule has 0 heterocycles. The maximum Gasteiger partial charge on any atom is 0.315 e. The monoisotopic (exact) mass is 268 g/mol. The number of rotatable bonds is 4. The van der Waals surface area contributed by atoms with Gasteiger partial charge in [0.1, 0.15) is 0 Å². The van der Waals surface area contributed by atoms with Gasteiger partial charge in [-0.2, -0.15) is 0 Å². The molecule has 2 aliphatic carbocycles. The van der Waals surface area contributed by atoms with Crippen molar-refractivity contribution in [2.75, 3.05) is 0 Å². The molecule has 0 atom stereocenters. The molecule has 5 heteroatoms. The van der Waals surface area contributed by atoms with Crippen molar-refractivity contribution in [1.29, 1.82) is 0 Å². The number of carboxylic acid groups (broad SMARTS) is 1. The molecule has 3 N–H and O–H groups in total. The molecule has 2 fully saturated rings. The van der Waals surface area contributed by atoms with Crippen molar-refractivity contribution < 1.29 is 14.7 Å². The Morgan fingerprint density at radius 3 is 2.26 bits per heavy atom. The maximum atomic E-state index is 12.0. The summed E-state index contributed by atoms with van der Waals surface area (Å²) in [7, 11) is 0. The topological polar surface area (TPSA) is 78.4 Å². The van der Waals surface area contributed by atoms with E-state index < -0.39 is 11.5 Å². The summed E-state index contributed by atoms with van der Waals surface area (Å²) in [6, 6.07) is 0.0760. The van der Waals surface area contributed by atoms with Crippen LogP contribution in [0.3, 0.4) is 0 Å². The normalized spacial score (nSPS) is 22.9. The Labute approximate surface area is 114 Å². The fourth-order valence-electron chi connectivity index (χ4n) is 3.40. The average Bonchev–Trinajstić information content (AvgIpc) is 2.77. The Balaban J connectivity index is 1.86. The summed E-state index contributed by atoms with van der Waals surface area (Å²) in [4.78, 5) is 23.0. The molecule has 0 aromatic carbocycles. The lowest BCUT2D eigenvalue weighted by Gasteiger charge is -2.31. The van der Waals surface area contributed by atoms with Gasteiger partial charge < -0.3 is 15.7 Å². The fourth-order valence-corrected chi connectivity index (χ4v) is 3.40. The van der Waals surface area contributed by atoms with E-state index in [1.807, 2.05) is 0 Å². The van der Waals surface area contributed by atoms with E-state index in [-0.39, 0.29) is 18.5 Å². The predicted octanol–water partition coefficient (Wildman–Crippen LogP) is 2.41. The number of amides is 2. The van der Waals surface area contributed by atoms with Crippen molar-refractivity contribution in [3.8, 4) is 0 Å². The van der Waals surface area contributed by atoms with Crippen LogP contribution in [-0.2, 0) is 4.79 Å². The minimum Gasteiger partial charge on any atom is -0.481 e. The van der Waals surface area contributed by atoms with Gasteiger partial charge in [-0.05, 0) is 25.7 Å². The summed E-state index contributed by atoms with van der Waals surface area (Å²) in [6.45, 7) is 0. The van der Waals surface area contributed by atoms with E-state index in [0.29, 0.717) is 0 Å². The van der Waals surface area contributed by atoms with Crippen LogP contribution < -0.4 is 10.6 Å². The summed E-state index contributed by atoms with van der Waals surface area (Å²) >= 11 is 0. The molecule has 2 rings (SSSR count). The molecule has 0 spiro atoms. The van der Waals surface area contributed by atoms with Crippen LogP contribution in [0.15, 0.2) is 0 Å². The highest BCUT2D eigenvalue weighted by molar-refractivity contribution is 5.77. The zero-order chi connectivity index (χ0) is 13.7. The quantitative estimate of drug-likeness (QED) is 0.732. The molecule has 0 bridgehead atoms. The first-order chi connectivity index (χ1) is 9.10. The highest BCUT2D eigenvalue weighted by Crippen LogP contribution is 2.32. The average molecular weight is 268 g/mol. The van der Waals surface area contributed by atoms with Gasteiger partial charge in [0.25, 0.3) is 0 Å². The zero-order valence-corrected chi connectivity index (χ0v) is 11.4. The molecule has 0 aromatic rings. The summed E-state index contributed by atoms with van der Waals surface area (Å²) in [6.07, 6.45) is 9.26. The van der Waals surface area contributed by atoms with E-state index >= 15 is 0 Å². The van der Waals surface area contributed by atoms with Crippen molar-refractivity contribution in [3.63, 3.8) is 0 Å². The van der Waals surface area contributed by atoms with Crippen molar-refractivity contribution in [2.24, 2.45) is 0 Å². The first-order valence-electron chi connectivity index (χ1n) is 7.40. The Morgan fingerprint density at radius 1 is 1.05 bits per heavy atom. The van der Waals surface area contributed by atoms with Gasteiger partial charge in [0.15, 0.2) is 0 Å². The molecular formula is C14H24N2O3. The zero-order valence-electron chi connectivity index (χ0n) is 11.4. The number of hydrogen-bond donors (Lipinski definition) is 3. The predicted molar refractivity (Wildman–Crippen MR) is 72.0 cm³/mol. The maximum absolute atomic E-state index is 12.0. The van der Waals surface area contributed by atoms with Crippen LogP contribution in [0.2, 0.25) is 0 Å². The van der Waals surface area contributed by atoms with Gasteiger partial charge >= 0.3 is 12.0 Å². The van der Waals surface area contributed by atoms with Crippen LogP contribution in [0.1, 0.15) is 64.2 Å². The van der Waals surface area contributed by atoms with Gasteiger partial charge in [-0.3, -0.25) is 4.79 Å². The van der Waals surface area contributed by atoms with Gasteiger partial charge in [0.05, 0.1) is 12.0 Å². The molecule has 0 radical (unpaired) electrons. The second-order valence-electron chi connectivity index (χ2n) is 5.99. The van der Waals surface area contributed by atoms with E-state index in [9.17, 15) is 9.59 Å². The summed E-state index contributed by atoms with van der Waals surface area (Å²) < 4.78 is 0. The second kappa shape index (κ2) is 6.26. The summed E-state index contributed by atoms with van der Waals surface area (Å²) in [5.41, 5.74) is -0.523. The third kappa shape index (κ3) is 4.11. The van der Waals surface area contributed by atoms with Gasteiger partial charge in [0.2, 0.25) is 0 Å². The van der Waals surface area contributed by atoms with Crippen LogP contribution in [0.25, 0.3) is 0 Å². The third-order valence-corrected chi connectivity index (χ3v) is 4.37. The van der Waals surface area contributed by atoms with Gasteiger partial charge in [0, 0.05) is 6.04 Å². The highest BCUT2D eigenvalue weighted by Gasteiger charge is 2.37. The molecule has 2 amide bonds. The Kier molecular flexibility index (Phi) is 4.66. The summed E-state index contributed by atoms with van der Waals surface area (Å²) in [5.74, 6) is -0.833. The van der Waals surface area contributed by atoms with Crippen LogP contribution in [0, 0.1) is 0 Å². The largest absolute Gasteiger partial charge is 0.481 e. The lowest BCUT2D eigenvalue weighted by molar-refractivity contribution is -0.138. The molecule has 5 nitrogen and oxygen atoms in total.